The Labute approximate surface area is 91.4 Å². The van der Waals surface area contributed by atoms with Crippen molar-refractivity contribution in [1.82, 2.24) is 0 Å². The molecule has 7 heteroatoms. The van der Waals surface area contributed by atoms with E-state index >= 15 is 0 Å². The van der Waals surface area contributed by atoms with Gasteiger partial charge in [0.05, 0.1) is 0 Å². The number of rotatable bonds is 4. The van der Waals surface area contributed by atoms with Gasteiger partial charge in [0.2, 0.25) is 0 Å². The van der Waals surface area contributed by atoms with Gasteiger partial charge in [-0.05, 0) is 26.0 Å². The fourth-order valence-corrected chi connectivity index (χ4v) is 3.13. The van der Waals surface area contributed by atoms with E-state index < -0.39 is 22.2 Å². The number of carboxylic acid groups (broad SMARTS) is 1. The third kappa shape index (κ3) is 3.01. The van der Waals surface area contributed by atoms with Crippen LogP contribution in [0.4, 0.5) is 0 Å². The molecule has 1 unspecified atom stereocenters. The second-order valence-corrected chi connectivity index (χ2v) is 5.98. The van der Waals surface area contributed by atoms with Crippen molar-refractivity contribution in [3.8, 4) is 0 Å². The zero-order chi connectivity index (χ0) is 11.6. The van der Waals surface area contributed by atoms with Gasteiger partial charge >= 0.3 is 16.1 Å². The number of hydrogen-bond acceptors (Lipinski definition) is 5. The summed E-state index contributed by atoms with van der Waals surface area (Å²) in [5.74, 6) is -1.31. The number of carbonyl (C=O) groups is 1. The lowest BCUT2D eigenvalue weighted by atomic mass is 10.4. The third-order valence-corrected chi connectivity index (χ3v) is 4.41. The first-order valence-electron chi connectivity index (χ1n) is 4.05. The molecular formula is C8H10O5S2. The Balaban J connectivity index is 2.90. The van der Waals surface area contributed by atoms with Gasteiger partial charge in [0.25, 0.3) is 0 Å². The fraction of sp³-hybridized carbons (Fsp3) is 0.375. The van der Waals surface area contributed by atoms with Crippen LogP contribution in [0.2, 0.25) is 0 Å². The summed E-state index contributed by atoms with van der Waals surface area (Å²) in [4.78, 5) is 11.2. The van der Waals surface area contributed by atoms with Crippen LogP contribution in [-0.2, 0) is 19.1 Å². The molecule has 0 spiro atoms. The largest absolute Gasteiger partial charge is 0.479 e. The highest BCUT2D eigenvalue weighted by molar-refractivity contribution is 7.89. The predicted octanol–water partition coefficient (Wildman–Crippen LogP) is 1.23. The van der Waals surface area contributed by atoms with E-state index in [1.807, 2.05) is 0 Å². The minimum absolute atomic E-state index is 0.0214. The van der Waals surface area contributed by atoms with Crippen LogP contribution >= 0.6 is 11.3 Å². The summed E-state index contributed by atoms with van der Waals surface area (Å²) < 4.78 is 27.5. The van der Waals surface area contributed by atoms with Crippen LogP contribution < -0.4 is 0 Å². The molecule has 0 aliphatic carbocycles. The van der Waals surface area contributed by atoms with Crippen LogP contribution in [0.3, 0.4) is 0 Å². The van der Waals surface area contributed by atoms with Crippen LogP contribution in [0, 0.1) is 6.92 Å². The smallest absolute Gasteiger partial charge is 0.334 e. The summed E-state index contributed by atoms with van der Waals surface area (Å²) in [6.45, 7) is 2.92. The van der Waals surface area contributed by atoms with Crippen molar-refractivity contribution >= 4 is 27.4 Å². The van der Waals surface area contributed by atoms with Crippen molar-refractivity contribution in [3.05, 3.63) is 17.0 Å². The normalized spacial score (nSPS) is 13.7. The molecule has 0 aromatic carbocycles. The number of aliphatic carboxylic acids is 1. The van der Waals surface area contributed by atoms with E-state index in [1.54, 1.807) is 13.0 Å². The Morgan fingerprint density at radius 3 is 2.53 bits per heavy atom. The Morgan fingerprint density at radius 2 is 2.13 bits per heavy atom. The van der Waals surface area contributed by atoms with Crippen LogP contribution in [0.5, 0.6) is 0 Å². The molecule has 0 saturated carbocycles. The average Bonchev–Trinajstić information content (AvgIpc) is 2.51. The van der Waals surface area contributed by atoms with E-state index in [1.165, 1.54) is 13.0 Å². The van der Waals surface area contributed by atoms with E-state index in [-0.39, 0.29) is 4.21 Å². The topological polar surface area (TPSA) is 80.7 Å². The van der Waals surface area contributed by atoms with E-state index in [0.29, 0.717) is 0 Å². The summed E-state index contributed by atoms with van der Waals surface area (Å²) in [7, 11) is -3.95. The summed E-state index contributed by atoms with van der Waals surface area (Å²) >= 11 is 1.04. The molecule has 1 rings (SSSR count). The molecule has 0 amide bonds. The van der Waals surface area contributed by atoms with Crippen molar-refractivity contribution in [3.63, 3.8) is 0 Å². The van der Waals surface area contributed by atoms with Crippen molar-refractivity contribution in [2.45, 2.75) is 24.2 Å². The standard InChI is InChI=1S/C8H10O5S2/c1-5-3-4-7(14-5)15(11,12)13-6(2)8(9)10/h3-4,6H,1-2H3,(H,9,10). The van der Waals surface area contributed by atoms with Crippen LogP contribution in [-0.4, -0.2) is 25.6 Å². The second kappa shape index (κ2) is 4.30. The highest BCUT2D eigenvalue weighted by atomic mass is 32.3. The summed E-state index contributed by atoms with van der Waals surface area (Å²) in [6, 6.07) is 3.02. The van der Waals surface area contributed by atoms with Gasteiger partial charge in [0, 0.05) is 4.88 Å². The molecule has 0 radical (unpaired) electrons. The van der Waals surface area contributed by atoms with Crippen molar-refractivity contribution < 1.29 is 22.5 Å². The van der Waals surface area contributed by atoms with Gasteiger partial charge in [-0.1, -0.05) is 0 Å². The van der Waals surface area contributed by atoms with Crippen molar-refractivity contribution in [2.24, 2.45) is 0 Å². The molecule has 0 fully saturated rings. The maximum Gasteiger partial charge on any atom is 0.334 e. The molecular weight excluding hydrogens is 240 g/mol. The van der Waals surface area contributed by atoms with Crippen LogP contribution in [0.15, 0.2) is 16.3 Å². The zero-order valence-corrected chi connectivity index (χ0v) is 9.76. The Morgan fingerprint density at radius 1 is 1.53 bits per heavy atom. The first-order chi connectivity index (χ1) is 6.83. The molecule has 1 heterocycles. The second-order valence-electron chi connectivity index (χ2n) is 2.90. The lowest BCUT2D eigenvalue weighted by Crippen LogP contribution is -2.23. The molecule has 5 nitrogen and oxygen atoms in total. The minimum Gasteiger partial charge on any atom is -0.479 e. The average molecular weight is 250 g/mol. The van der Waals surface area contributed by atoms with Crippen molar-refractivity contribution in [2.75, 3.05) is 0 Å². The number of thiophene rings is 1. The van der Waals surface area contributed by atoms with E-state index in [9.17, 15) is 13.2 Å². The van der Waals surface area contributed by atoms with Gasteiger partial charge in [0.15, 0.2) is 6.10 Å². The number of aryl methyl sites for hydroxylation is 1. The quantitative estimate of drug-likeness (QED) is 0.813. The Kier molecular flexibility index (Phi) is 3.48. The molecule has 1 aromatic rings. The first kappa shape index (κ1) is 12.2. The van der Waals surface area contributed by atoms with Gasteiger partial charge < -0.3 is 5.11 Å². The number of hydrogen-bond donors (Lipinski definition) is 1. The van der Waals surface area contributed by atoms with Gasteiger partial charge in [0.1, 0.15) is 4.21 Å². The van der Waals surface area contributed by atoms with Gasteiger partial charge in [-0.3, -0.25) is 4.18 Å². The minimum atomic E-state index is -3.95. The van der Waals surface area contributed by atoms with E-state index in [2.05, 4.69) is 4.18 Å². The third-order valence-electron chi connectivity index (χ3n) is 1.58. The maximum absolute atomic E-state index is 11.5. The summed E-state index contributed by atoms with van der Waals surface area (Å²) in [5, 5.41) is 8.51. The molecule has 0 saturated heterocycles. The van der Waals surface area contributed by atoms with Gasteiger partial charge in [-0.15, -0.1) is 11.3 Å². The highest BCUT2D eigenvalue weighted by Crippen LogP contribution is 2.23. The lowest BCUT2D eigenvalue weighted by molar-refractivity contribution is -0.144. The predicted molar refractivity (Wildman–Crippen MR) is 54.4 cm³/mol. The number of carboxylic acids is 1. The fourth-order valence-electron chi connectivity index (χ4n) is 0.825. The molecule has 84 valence electrons. The van der Waals surface area contributed by atoms with E-state index in [4.69, 9.17) is 5.11 Å². The Bertz CT molecular complexity index is 459. The Hall–Kier alpha value is -0.920. The lowest BCUT2D eigenvalue weighted by Gasteiger charge is -2.06. The molecule has 15 heavy (non-hydrogen) atoms. The molecule has 1 N–H and O–H groups in total. The van der Waals surface area contributed by atoms with Gasteiger partial charge in [-0.2, -0.15) is 8.42 Å². The first-order valence-corrected chi connectivity index (χ1v) is 6.28. The molecule has 0 aliphatic rings. The van der Waals surface area contributed by atoms with E-state index in [0.717, 1.165) is 16.2 Å². The summed E-state index contributed by atoms with van der Waals surface area (Å²) in [5.41, 5.74) is 0. The molecule has 1 atom stereocenters. The monoisotopic (exact) mass is 250 g/mol. The zero-order valence-electron chi connectivity index (χ0n) is 8.13. The van der Waals surface area contributed by atoms with Crippen LogP contribution in [0.1, 0.15) is 11.8 Å². The molecule has 1 aromatic heterocycles. The highest BCUT2D eigenvalue weighted by Gasteiger charge is 2.24. The van der Waals surface area contributed by atoms with Crippen LogP contribution in [0.25, 0.3) is 0 Å². The molecule has 0 bridgehead atoms. The SMILES string of the molecule is Cc1ccc(S(=O)(=O)OC(C)C(=O)O)s1. The van der Waals surface area contributed by atoms with Crippen molar-refractivity contribution in [1.29, 1.82) is 0 Å². The molecule has 0 aliphatic heterocycles. The van der Waals surface area contributed by atoms with Gasteiger partial charge in [-0.25, -0.2) is 4.79 Å². The maximum atomic E-state index is 11.5. The summed E-state index contributed by atoms with van der Waals surface area (Å²) in [6.07, 6.45) is -1.38.